The maximum atomic E-state index is 13.1. The second-order valence-corrected chi connectivity index (χ2v) is 9.04. The second-order valence-electron chi connectivity index (χ2n) is 8.12. The van der Waals surface area contributed by atoms with Gasteiger partial charge in [-0.05, 0) is 54.2 Å². The number of halogens is 2. The molecule has 1 amide bonds. The molecule has 2 unspecified atom stereocenters. The smallest absolute Gasteiger partial charge is 0.408 e. The molecule has 0 aliphatic heterocycles. The zero-order valence-electron chi connectivity index (χ0n) is 16.6. The lowest BCUT2D eigenvalue weighted by molar-refractivity contribution is 0.00269. The highest BCUT2D eigenvalue weighted by atomic mass is 79.9. The Morgan fingerprint density at radius 1 is 1.07 bits per heavy atom. The van der Waals surface area contributed by atoms with Crippen LogP contribution in [0.2, 0.25) is 0 Å². The summed E-state index contributed by atoms with van der Waals surface area (Å²) < 4.78 is 14.0. The van der Waals surface area contributed by atoms with E-state index in [2.05, 4.69) is 15.9 Å². The molecule has 0 radical (unpaired) electrons. The fourth-order valence-electron chi connectivity index (χ4n) is 3.38. The summed E-state index contributed by atoms with van der Waals surface area (Å²) in [6.45, 7) is 8.05. The van der Waals surface area contributed by atoms with Gasteiger partial charge in [-0.2, -0.15) is 0 Å². The number of nitrogens with zero attached hydrogens (tertiary/aromatic N) is 1. The molecule has 28 heavy (non-hydrogen) atoms. The largest absolute Gasteiger partial charge is 0.465 e. The topological polar surface area (TPSA) is 60.8 Å². The first kappa shape index (κ1) is 22.4. The fraction of sp³-hybridized carbons (Fsp3) is 0.409. The molecule has 0 aliphatic carbocycles. The molecule has 0 bridgehead atoms. The zero-order valence-corrected chi connectivity index (χ0v) is 18.2. The predicted molar refractivity (Wildman–Crippen MR) is 112 cm³/mol. The molecule has 2 rings (SSSR count). The molecule has 0 fully saturated rings. The van der Waals surface area contributed by atoms with E-state index in [1.807, 2.05) is 52.0 Å². The summed E-state index contributed by atoms with van der Waals surface area (Å²) in [7, 11) is 0. The first-order valence-corrected chi connectivity index (χ1v) is 9.96. The van der Waals surface area contributed by atoms with Gasteiger partial charge in [0.05, 0.1) is 11.6 Å². The molecule has 0 aromatic heterocycles. The van der Waals surface area contributed by atoms with Crippen molar-refractivity contribution in [3.63, 3.8) is 0 Å². The van der Waals surface area contributed by atoms with E-state index in [1.165, 1.54) is 29.2 Å². The lowest BCUT2D eigenvalue weighted by Gasteiger charge is -2.49. The van der Waals surface area contributed by atoms with Crippen molar-refractivity contribution in [2.45, 2.75) is 45.8 Å². The maximum Gasteiger partial charge on any atom is 0.408 e. The molecule has 152 valence electrons. The van der Waals surface area contributed by atoms with Gasteiger partial charge in [0.25, 0.3) is 0 Å². The minimum absolute atomic E-state index is 0.137. The molecule has 0 saturated carbocycles. The summed E-state index contributed by atoms with van der Waals surface area (Å²) in [6, 6.07) is 13.2. The average molecular weight is 452 g/mol. The quantitative estimate of drug-likeness (QED) is 0.569. The molecule has 4 nitrogen and oxygen atoms in total. The summed E-state index contributed by atoms with van der Waals surface area (Å²) >= 11 is 3.42. The van der Waals surface area contributed by atoms with Crippen LogP contribution in [0.1, 0.15) is 51.3 Å². The Balaban J connectivity index is 2.33. The Bertz CT molecular complexity index is 802. The van der Waals surface area contributed by atoms with Crippen molar-refractivity contribution in [3.8, 4) is 0 Å². The van der Waals surface area contributed by atoms with Crippen LogP contribution in [-0.2, 0) is 5.54 Å². The van der Waals surface area contributed by atoms with Crippen molar-refractivity contribution in [2.75, 3.05) is 6.54 Å². The third-order valence-corrected chi connectivity index (χ3v) is 6.05. The van der Waals surface area contributed by atoms with Crippen molar-refractivity contribution in [1.82, 2.24) is 4.90 Å². The number of hydrogen-bond acceptors (Lipinski definition) is 2. The number of carboxylic acid groups (broad SMARTS) is 1. The first-order valence-electron chi connectivity index (χ1n) is 9.17. The Kier molecular flexibility index (Phi) is 6.88. The molecule has 2 aromatic rings. The van der Waals surface area contributed by atoms with E-state index in [4.69, 9.17) is 0 Å². The summed E-state index contributed by atoms with van der Waals surface area (Å²) in [5.41, 5.74) is 0.219. The van der Waals surface area contributed by atoms with E-state index in [0.717, 1.165) is 10.0 Å². The molecule has 0 spiro atoms. The van der Waals surface area contributed by atoms with Gasteiger partial charge in [0.1, 0.15) is 5.82 Å². The molecule has 2 aromatic carbocycles. The van der Waals surface area contributed by atoms with Crippen LogP contribution in [0.25, 0.3) is 0 Å². The molecule has 2 atom stereocenters. The van der Waals surface area contributed by atoms with Crippen LogP contribution in [0.15, 0.2) is 53.0 Å². The van der Waals surface area contributed by atoms with Gasteiger partial charge in [-0.3, -0.25) is 4.90 Å². The third-order valence-electron chi connectivity index (χ3n) is 5.52. The van der Waals surface area contributed by atoms with Crippen molar-refractivity contribution in [3.05, 3.63) is 69.9 Å². The number of amides is 1. The van der Waals surface area contributed by atoms with Crippen molar-refractivity contribution < 1.29 is 19.4 Å². The van der Waals surface area contributed by atoms with Gasteiger partial charge >= 0.3 is 6.09 Å². The summed E-state index contributed by atoms with van der Waals surface area (Å²) in [6.07, 6.45) is -1.72. The first-order chi connectivity index (χ1) is 13.0. The lowest BCUT2D eigenvalue weighted by Crippen LogP contribution is -2.55. The summed E-state index contributed by atoms with van der Waals surface area (Å²) in [4.78, 5) is 13.6. The average Bonchev–Trinajstić information content (AvgIpc) is 2.61. The highest BCUT2D eigenvalue weighted by Gasteiger charge is 2.46. The van der Waals surface area contributed by atoms with Gasteiger partial charge in [-0.1, -0.05) is 61.0 Å². The molecule has 2 N–H and O–H groups in total. The number of aliphatic hydroxyl groups is 1. The Morgan fingerprint density at radius 3 is 2.07 bits per heavy atom. The van der Waals surface area contributed by atoms with E-state index >= 15 is 0 Å². The molecular formula is C22H27BrFNO3. The number of carbonyl (C=O) groups is 1. The monoisotopic (exact) mass is 451 g/mol. The van der Waals surface area contributed by atoms with E-state index in [9.17, 15) is 19.4 Å². The fourth-order valence-corrected chi connectivity index (χ4v) is 3.65. The minimum Gasteiger partial charge on any atom is -0.465 e. The Labute approximate surface area is 174 Å². The van der Waals surface area contributed by atoms with Crippen molar-refractivity contribution in [1.29, 1.82) is 0 Å². The Morgan fingerprint density at radius 2 is 1.61 bits per heavy atom. The SMILES string of the molecule is CC(C)(C)C(C)(c1ccc(Br)cc1)N(CCC(O)c1ccc(F)cc1)C(=O)O. The molecule has 0 heterocycles. The van der Waals surface area contributed by atoms with Gasteiger partial charge in [0, 0.05) is 11.0 Å². The van der Waals surface area contributed by atoms with Gasteiger partial charge in [-0.15, -0.1) is 0 Å². The van der Waals surface area contributed by atoms with Crippen LogP contribution in [-0.4, -0.2) is 27.8 Å². The van der Waals surface area contributed by atoms with Crippen LogP contribution < -0.4 is 0 Å². The van der Waals surface area contributed by atoms with Gasteiger partial charge in [0.2, 0.25) is 0 Å². The van der Waals surface area contributed by atoms with Crippen LogP contribution in [0.3, 0.4) is 0 Å². The summed E-state index contributed by atoms with van der Waals surface area (Å²) in [5, 5.41) is 20.5. The predicted octanol–water partition coefficient (Wildman–Crippen LogP) is 5.95. The molecular weight excluding hydrogens is 425 g/mol. The van der Waals surface area contributed by atoms with Crippen LogP contribution >= 0.6 is 15.9 Å². The molecule has 0 saturated heterocycles. The van der Waals surface area contributed by atoms with Crippen LogP contribution in [0.5, 0.6) is 0 Å². The zero-order chi connectivity index (χ0) is 21.1. The molecule has 6 heteroatoms. The van der Waals surface area contributed by atoms with E-state index in [0.29, 0.717) is 5.56 Å². The van der Waals surface area contributed by atoms with Gasteiger partial charge < -0.3 is 10.2 Å². The minimum atomic E-state index is -1.05. The lowest BCUT2D eigenvalue weighted by atomic mass is 9.69. The van der Waals surface area contributed by atoms with Crippen LogP contribution in [0.4, 0.5) is 9.18 Å². The standard InChI is InChI=1S/C22H27BrFNO3/c1-21(2,3)22(4,16-7-9-17(23)10-8-16)25(20(27)28)14-13-19(26)15-5-11-18(24)12-6-15/h5-12,19,26H,13-14H2,1-4H3,(H,27,28). The van der Waals surface area contributed by atoms with E-state index < -0.39 is 23.2 Å². The third kappa shape index (κ3) is 4.73. The number of aliphatic hydroxyl groups excluding tert-OH is 1. The highest BCUT2D eigenvalue weighted by molar-refractivity contribution is 9.10. The van der Waals surface area contributed by atoms with Gasteiger partial charge in [0.15, 0.2) is 0 Å². The number of hydrogen-bond donors (Lipinski definition) is 2. The van der Waals surface area contributed by atoms with Crippen LogP contribution in [0, 0.1) is 11.2 Å². The molecule has 0 aliphatic rings. The number of benzene rings is 2. The van der Waals surface area contributed by atoms with Gasteiger partial charge in [-0.25, -0.2) is 9.18 Å². The Hall–Kier alpha value is -1.92. The van der Waals surface area contributed by atoms with Crippen molar-refractivity contribution in [2.24, 2.45) is 5.41 Å². The number of rotatable bonds is 6. The highest BCUT2D eigenvalue weighted by Crippen LogP contribution is 2.45. The normalized spacial score (nSPS) is 15.0. The maximum absolute atomic E-state index is 13.1. The summed E-state index contributed by atoms with van der Waals surface area (Å²) in [5.74, 6) is -0.376. The second kappa shape index (κ2) is 8.62. The van der Waals surface area contributed by atoms with Crippen molar-refractivity contribution >= 4 is 22.0 Å². The van der Waals surface area contributed by atoms with E-state index in [-0.39, 0.29) is 18.8 Å². The van der Waals surface area contributed by atoms with E-state index in [1.54, 1.807) is 0 Å².